The third kappa shape index (κ3) is 5.34. The number of methoxy groups -OCH3 is 1. The van der Waals surface area contributed by atoms with Gasteiger partial charge in [0.05, 0.1) is 12.7 Å². The summed E-state index contributed by atoms with van der Waals surface area (Å²) in [6.07, 6.45) is 4.94. The number of aliphatic hydroxyl groups is 1. The molecule has 0 bridgehead atoms. The van der Waals surface area contributed by atoms with Crippen molar-refractivity contribution < 1.29 is 19.4 Å². The number of ketones is 1. The third-order valence-electron chi connectivity index (χ3n) is 4.23. The average molecular weight is 366 g/mol. The molecule has 6 nitrogen and oxygen atoms in total. The molecule has 1 aliphatic rings. The molecule has 0 aromatic heterocycles. The summed E-state index contributed by atoms with van der Waals surface area (Å²) < 4.78 is 4.60. The molecular weight excluding hydrogens is 344 g/mol. The number of aliphatic imine (C=N–C) groups is 2. The Hall–Kier alpha value is -3.28. The fourth-order valence-electron chi connectivity index (χ4n) is 2.71. The molecule has 1 unspecified atom stereocenters. The van der Waals surface area contributed by atoms with Gasteiger partial charge in [0.25, 0.3) is 0 Å². The first-order valence-electron chi connectivity index (χ1n) is 8.44. The summed E-state index contributed by atoms with van der Waals surface area (Å²) in [4.78, 5) is 31.6. The molecule has 27 heavy (non-hydrogen) atoms. The highest BCUT2D eigenvalue weighted by Gasteiger charge is 2.27. The Balaban J connectivity index is 2.18. The molecule has 140 valence electrons. The Bertz CT molecular complexity index is 848. The van der Waals surface area contributed by atoms with Crippen LogP contribution in [0, 0.1) is 0 Å². The lowest BCUT2D eigenvalue weighted by Gasteiger charge is -2.22. The topological polar surface area (TPSA) is 88.3 Å². The highest BCUT2D eigenvalue weighted by atomic mass is 16.5. The van der Waals surface area contributed by atoms with E-state index in [1.54, 1.807) is 6.92 Å². The van der Waals surface area contributed by atoms with Gasteiger partial charge in [-0.15, -0.1) is 0 Å². The van der Waals surface area contributed by atoms with Gasteiger partial charge in [0, 0.05) is 24.6 Å². The van der Waals surface area contributed by atoms with Gasteiger partial charge in [0.2, 0.25) is 0 Å². The van der Waals surface area contributed by atoms with Gasteiger partial charge in [0.1, 0.15) is 5.76 Å². The number of aliphatic hydroxyl groups excluding tert-OH is 1. The van der Waals surface area contributed by atoms with Gasteiger partial charge in [-0.3, -0.25) is 4.79 Å². The molecule has 0 heterocycles. The summed E-state index contributed by atoms with van der Waals surface area (Å²) in [7, 11) is 1.29. The van der Waals surface area contributed by atoms with Crippen LogP contribution >= 0.6 is 0 Å². The monoisotopic (exact) mass is 366 g/mol. The number of carbonyl (C=O) groups is 2. The Morgan fingerprint density at radius 1 is 1.26 bits per heavy atom. The second kappa shape index (κ2) is 9.43. The van der Waals surface area contributed by atoms with Crippen molar-refractivity contribution in [2.24, 2.45) is 9.98 Å². The fraction of sp³-hybridized carbons (Fsp3) is 0.238. The Morgan fingerprint density at radius 2 is 1.96 bits per heavy atom. The van der Waals surface area contributed by atoms with E-state index in [4.69, 9.17) is 0 Å². The van der Waals surface area contributed by atoms with Crippen molar-refractivity contribution >= 4 is 24.7 Å². The summed E-state index contributed by atoms with van der Waals surface area (Å²) in [5, 5.41) is 10.3. The van der Waals surface area contributed by atoms with Gasteiger partial charge in [-0.25, -0.2) is 14.8 Å². The number of hydrogen-bond donors (Lipinski definition) is 1. The number of Topliss-reactive ketones (excluding diaryl/α,β-unsaturated/α-hetero) is 1. The molecule has 6 heteroatoms. The molecule has 0 saturated heterocycles. The van der Waals surface area contributed by atoms with E-state index < -0.39 is 5.97 Å². The highest BCUT2D eigenvalue weighted by Crippen LogP contribution is 2.32. The first kappa shape index (κ1) is 20.0. The lowest BCUT2D eigenvalue weighted by molar-refractivity contribution is -0.136. The van der Waals surface area contributed by atoms with Crippen molar-refractivity contribution in [3.05, 3.63) is 70.8 Å². The van der Waals surface area contributed by atoms with E-state index in [9.17, 15) is 14.7 Å². The van der Waals surface area contributed by atoms with Crippen molar-refractivity contribution in [1.82, 2.24) is 0 Å². The van der Waals surface area contributed by atoms with Crippen molar-refractivity contribution in [2.45, 2.75) is 25.7 Å². The molecule has 0 spiro atoms. The molecule has 0 fully saturated rings. The number of rotatable bonds is 6. The van der Waals surface area contributed by atoms with E-state index in [0.717, 1.165) is 5.56 Å². The van der Waals surface area contributed by atoms with Crippen LogP contribution in [0.15, 0.2) is 75.2 Å². The molecule has 1 N–H and O–H groups in total. The number of nitrogens with zero attached hydrogens (tertiary/aromatic N) is 2. The predicted molar refractivity (Wildman–Crippen MR) is 105 cm³/mol. The maximum atomic E-state index is 12.4. The van der Waals surface area contributed by atoms with Crippen LogP contribution in [0.3, 0.4) is 0 Å². The predicted octanol–water partition coefficient (Wildman–Crippen LogP) is 3.68. The minimum absolute atomic E-state index is 0.00792. The number of esters is 1. The second-order valence-electron chi connectivity index (χ2n) is 6.08. The van der Waals surface area contributed by atoms with Crippen molar-refractivity contribution in [3.63, 3.8) is 0 Å². The van der Waals surface area contributed by atoms with Gasteiger partial charge in [0.15, 0.2) is 11.6 Å². The molecule has 0 radical (unpaired) electrons. The Morgan fingerprint density at radius 3 is 2.56 bits per heavy atom. The summed E-state index contributed by atoms with van der Waals surface area (Å²) in [6, 6.07) is 9.63. The van der Waals surface area contributed by atoms with Crippen LogP contribution in [0.5, 0.6) is 0 Å². The minimum atomic E-state index is -0.464. The first-order chi connectivity index (χ1) is 13.0. The zero-order valence-corrected chi connectivity index (χ0v) is 15.4. The average Bonchev–Trinajstić information content (AvgIpc) is 2.69. The SMILES string of the molecule is C=N/C(=C\C=C(/C)C(=O)OC)N=CC1=C(O)CC(c2ccccc2)CC1=O. The Kier molecular flexibility index (Phi) is 7.00. The number of ether oxygens (including phenoxy) is 1. The third-order valence-corrected chi connectivity index (χ3v) is 4.23. The zero-order chi connectivity index (χ0) is 19.8. The van der Waals surface area contributed by atoms with E-state index >= 15 is 0 Å². The van der Waals surface area contributed by atoms with E-state index in [-0.39, 0.29) is 28.9 Å². The van der Waals surface area contributed by atoms with Gasteiger partial charge in [-0.05, 0) is 37.3 Å². The number of benzene rings is 1. The lowest BCUT2D eigenvalue weighted by Crippen LogP contribution is -2.19. The van der Waals surface area contributed by atoms with Gasteiger partial charge < -0.3 is 9.84 Å². The normalized spacial score (nSPS) is 18.7. The molecule has 0 aliphatic heterocycles. The van der Waals surface area contributed by atoms with E-state index in [0.29, 0.717) is 18.4 Å². The molecule has 0 saturated carbocycles. The standard InChI is InChI=1S/C21H22N2O4/c1-14(21(26)27-3)9-10-20(22-2)23-13-17-18(24)11-16(12-19(17)25)15-7-5-4-6-8-15/h4-10,13,16,24H,2,11-12H2,1,3H3/b14-9+,20-10+,23-13?. The molecule has 2 rings (SSSR count). The van der Waals surface area contributed by atoms with Crippen molar-refractivity contribution in [1.29, 1.82) is 0 Å². The fourth-order valence-corrected chi connectivity index (χ4v) is 2.71. The van der Waals surface area contributed by atoms with Gasteiger partial charge >= 0.3 is 5.97 Å². The molecule has 0 amide bonds. The summed E-state index contributed by atoms with van der Waals surface area (Å²) in [5.41, 5.74) is 1.56. The van der Waals surface area contributed by atoms with Crippen LogP contribution < -0.4 is 0 Å². The van der Waals surface area contributed by atoms with E-state index in [2.05, 4.69) is 21.4 Å². The first-order valence-corrected chi connectivity index (χ1v) is 8.44. The quantitative estimate of drug-likeness (QED) is 0.360. The maximum Gasteiger partial charge on any atom is 0.333 e. The number of allylic oxidation sites excluding steroid dienone is 4. The van der Waals surface area contributed by atoms with Crippen LogP contribution in [0.4, 0.5) is 0 Å². The minimum Gasteiger partial charge on any atom is -0.511 e. The van der Waals surface area contributed by atoms with Crippen LogP contribution in [-0.2, 0) is 14.3 Å². The molecule has 1 atom stereocenters. The van der Waals surface area contributed by atoms with Crippen molar-refractivity contribution in [3.8, 4) is 0 Å². The lowest BCUT2D eigenvalue weighted by atomic mass is 9.83. The molecule has 1 aromatic rings. The van der Waals surface area contributed by atoms with Gasteiger partial charge in [-0.2, -0.15) is 0 Å². The number of hydrogen-bond acceptors (Lipinski definition) is 6. The van der Waals surface area contributed by atoms with Gasteiger partial charge in [-0.1, -0.05) is 30.3 Å². The van der Waals surface area contributed by atoms with Crippen molar-refractivity contribution in [2.75, 3.05) is 7.11 Å². The molecular formula is C21H22N2O4. The maximum absolute atomic E-state index is 12.4. The van der Waals surface area contributed by atoms with E-state index in [1.807, 2.05) is 30.3 Å². The number of carbonyl (C=O) groups excluding carboxylic acids is 2. The molecule has 1 aromatic carbocycles. The van der Waals surface area contributed by atoms with Crippen LogP contribution in [-0.4, -0.2) is 36.9 Å². The van der Waals surface area contributed by atoms with Crippen LogP contribution in [0.2, 0.25) is 0 Å². The largest absolute Gasteiger partial charge is 0.511 e. The smallest absolute Gasteiger partial charge is 0.333 e. The Labute approximate surface area is 158 Å². The summed E-state index contributed by atoms with van der Waals surface area (Å²) in [5.74, 6) is -0.478. The van der Waals surface area contributed by atoms with Crippen LogP contribution in [0.1, 0.15) is 31.2 Å². The summed E-state index contributed by atoms with van der Waals surface area (Å²) in [6.45, 7) is 5.01. The highest BCUT2D eigenvalue weighted by molar-refractivity contribution is 6.14. The molecule has 1 aliphatic carbocycles. The summed E-state index contributed by atoms with van der Waals surface area (Å²) >= 11 is 0. The zero-order valence-electron chi connectivity index (χ0n) is 15.4. The van der Waals surface area contributed by atoms with Crippen LogP contribution in [0.25, 0.3) is 0 Å². The van der Waals surface area contributed by atoms with E-state index in [1.165, 1.54) is 25.5 Å². The second-order valence-corrected chi connectivity index (χ2v) is 6.08.